The number of rotatable bonds is 6. The van der Waals surface area contributed by atoms with Gasteiger partial charge in [0.1, 0.15) is 27.6 Å². The van der Waals surface area contributed by atoms with Gasteiger partial charge in [-0.25, -0.2) is 4.39 Å². The molecule has 0 atom stereocenters. The zero-order chi connectivity index (χ0) is 25.1. The van der Waals surface area contributed by atoms with E-state index in [-0.39, 0.29) is 29.4 Å². The van der Waals surface area contributed by atoms with Gasteiger partial charge < -0.3 is 9.64 Å². The van der Waals surface area contributed by atoms with E-state index in [1.54, 1.807) is 29.7 Å². The number of morpholine rings is 1. The van der Waals surface area contributed by atoms with Crippen molar-refractivity contribution >= 4 is 46.1 Å². The summed E-state index contributed by atoms with van der Waals surface area (Å²) in [4.78, 5) is 30.5. The van der Waals surface area contributed by atoms with Crippen LogP contribution in [0, 0.1) is 24.1 Å². The summed E-state index contributed by atoms with van der Waals surface area (Å²) in [6.07, 6.45) is 2.46. The highest BCUT2D eigenvalue weighted by molar-refractivity contribution is 8.26. The topological polar surface area (TPSA) is 78.6 Å². The Balaban J connectivity index is 1.80. The molecule has 35 heavy (non-hydrogen) atoms. The SMILES string of the molecule is CCCn1c(N2CCOCC2)c(C=C2SC(=S)N(Cc3ccc(F)cc3)C2=O)c(C)c(C#N)c1=O. The van der Waals surface area contributed by atoms with Crippen LogP contribution in [0.1, 0.15) is 35.6 Å². The Kier molecular flexibility index (Phi) is 7.69. The van der Waals surface area contributed by atoms with E-state index in [9.17, 15) is 19.2 Å². The fourth-order valence-electron chi connectivity index (χ4n) is 4.23. The lowest BCUT2D eigenvalue weighted by Crippen LogP contribution is -2.41. The molecule has 7 nitrogen and oxygen atoms in total. The Morgan fingerprint density at radius 2 is 1.91 bits per heavy atom. The van der Waals surface area contributed by atoms with Gasteiger partial charge in [0.25, 0.3) is 11.5 Å². The number of hydrogen-bond donors (Lipinski definition) is 0. The highest BCUT2D eigenvalue weighted by atomic mass is 32.2. The summed E-state index contributed by atoms with van der Waals surface area (Å²) >= 11 is 6.66. The number of benzene rings is 1. The first-order valence-corrected chi connectivity index (χ1v) is 12.6. The number of anilines is 1. The molecule has 2 aliphatic heterocycles. The third-order valence-electron chi connectivity index (χ3n) is 6.01. The molecule has 2 aromatic rings. The predicted molar refractivity (Wildman–Crippen MR) is 139 cm³/mol. The van der Waals surface area contributed by atoms with E-state index in [0.29, 0.717) is 65.4 Å². The number of thioether (sulfide) groups is 1. The van der Waals surface area contributed by atoms with Crippen molar-refractivity contribution in [2.45, 2.75) is 33.4 Å². The number of aromatic nitrogens is 1. The van der Waals surface area contributed by atoms with Crippen LogP contribution in [0.4, 0.5) is 10.2 Å². The molecule has 0 bridgehead atoms. The number of nitrogens with zero attached hydrogens (tertiary/aromatic N) is 4. The first-order chi connectivity index (χ1) is 16.8. The van der Waals surface area contributed by atoms with Gasteiger partial charge in [0.2, 0.25) is 0 Å². The molecule has 1 aromatic carbocycles. The highest BCUT2D eigenvalue weighted by Gasteiger charge is 2.33. The van der Waals surface area contributed by atoms with Gasteiger partial charge in [-0.1, -0.05) is 43.0 Å². The fourth-order valence-corrected chi connectivity index (χ4v) is 5.47. The molecule has 1 amide bonds. The summed E-state index contributed by atoms with van der Waals surface area (Å²) in [5.74, 6) is 0.0875. The van der Waals surface area contributed by atoms with E-state index in [1.165, 1.54) is 28.8 Å². The molecule has 0 radical (unpaired) electrons. The second-order valence-electron chi connectivity index (χ2n) is 8.30. The maximum absolute atomic E-state index is 13.3. The number of carbonyl (C=O) groups is 1. The number of nitriles is 1. The van der Waals surface area contributed by atoms with Crippen LogP contribution in [-0.4, -0.2) is 46.0 Å². The Hall–Kier alpha value is -3.00. The van der Waals surface area contributed by atoms with Crippen LogP contribution in [0.25, 0.3) is 6.08 Å². The zero-order valence-electron chi connectivity index (χ0n) is 19.5. The van der Waals surface area contributed by atoms with Gasteiger partial charge in [0, 0.05) is 25.2 Å². The highest BCUT2D eigenvalue weighted by Crippen LogP contribution is 2.36. The summed E-state index contributed by atoms with van der Waals surface area (Å²) in [5.41, 5.74) is 1.71. The van der Waals surface area contributed by atoms with Crippen LogP contribution < -0.4 is 10.5 Å². The number of hydrogen-bond acceptors (Lipinski definition) is 7. The van der Waals surface area contributed by atoms with Crippen molar-refractivity contribution in [3.8, 4) is 6.07 Å². The molecule has 2 fully saturated rings. The van der Waals surface area contributed by atoms with Crippen LogP contribution in [0.3, 0.4) is 0 Å². The smallest absolute Gasteiger partial charge is 0.270 e. The molecule has 0 aliphatic carbocycles. The molecule has 0 N–H and O–H groups in total. The lowest BCUT2D eigenvalue weighted by atomic mass is 10.0. The zero-order valence-corrected chi connectivity index (χ0v) is 21.2. The fraction of sp³-hybridized carbons (Fsp3) is 0.360. The van der Waals surface area contributed by atoms with Gasteiger partial charge in [-0.15, -0.1) is 0 Å². The summed E-state index contributed by atoms with van der Waals surface area (Å²) in [6.45, 7) is 6.65. The van der Waals surface area contributed by atoms with Crippen molar-refractivity contribution in [2.75, 3.05) is 31.2 Å². The largest absolute Gasteiger partial charge is 0.378 e. The molecule has 1 aromatic heterocycles. The number of carbonyl (C=O) groups excluding carboxylic acids is 1. The standard InChI is InChI=1S/C25H25FN4O3S2/c1-3-8-29-22(28-9-11-33-12-10-28)19(16(2)20(14-27)23(29)31)13-21-24(32)30(25(34)35-21)15-17-4-6-18(26)7-5-17/h4-7,13H,3,8-12,15H2,1-2H3. The third-order valence-corrected chi connectivity index (χ3v) is 7.38. The Morgan fingerprint density at radius 1 is 1.23 bits per heavy atom. The minimum absolute atomic E-state index is 0.0727. The summed E-state index contributed by atoms with van der Waals surface area (Å²) in [5, 5.41) is 9.75. The second-order valence-corrected chi connectivity index (χ2v) is 9.98. The minimum Gasteiger partial charge on any atom is -0.378 e. The Labute approximate surface area is 212 Å². The number of halogens is 1. The number of ether oxygens (including phenoxy) is 1. The van der Waals surface area contributed by atoms with Crippen molar-refractivity contribution in [2.24, 2.45) is 0 Å². The van der Waals surface area contributed by atoms with Crippen LogP contribution in [0.2, 0.25) is 0 Å². The number of pyridine rings is 1. The quantitative estimate of drug-likeness (QED) is 0.430. The first-order valence-electron chi connectivity index (χ1n) is 11.4. The predicted octanol–water partition coefficient (Wildman–Crippen LogP) is 3.82. The van der Waals surface area contributed by atoms with Crippen LogP contribution in [0.5, 0.6) is 0 Å². The van der Waals surface area contributed by atoms with E-state index in [1.807, 2.05) is 6.92 Å². The molecule has 0 unspecified atom stereocenters. The van der Waals surface area contributed by atoms with E-state index >= 15 is 0 Å². The van der Waals surface area contributed by atoms with E-state index in [0.717, 1.165) is 5.56 Å². The van der Waals surface area contributed by atoms with Crippen LogP contribution in [-0.2, 0) is 22.6 Å². The Bertz CT molecular complexity index is 1290. The summed E-state index contributed by atoms with van der Waals surface area (Å²) in [7, 11) is 0. The lowest BCUT2D eigenvalue weighted by molar-refractivity contribution is -0.122. The molecule has 3 heterocycles. The molecular weight excluding hydrogens is 487 g/mol. The number of thiocarbonyl (C=S) groups is 1. The van der Waals surface area contributed by atoms with Crippen molar-refractivity contribution in [3.63, 3.8) is 0 Å². The number of amides is 1. The van der Waals surface area contributed by atoms with Gasteiger partial charge in [-0.2, -0.15) is 5.26 Å². The van der Waals surface area contributed by atoms with Gasteiger partial charge in [0.15, 0.2) is 0 Å². The van der Waals surface area contributed by atoms with Gasteiger partial charge in [0.05, 0.1) is 24.7 Å². The molecule has 2 saturated heterocycles. The molecule has 2 aliphatic rings. The molecule has 0 spiro atoms. The van der Waals surface area contributed by atoms with E-state index in [4.69, 9.17) is 17.0 Å². The second kappa shape index (κ2) is 10.7. The molecular formula is C25H25FN4O3S2. The summed E-state index contributed by atoms with van der Waals surface area (Å²) in [6, 6.07) is 8.00. The average molecular weight is 513 g/mol. The van der Waals surface area contributed by atoms with Crippen molar-refractivity contribution < 1.29 is 13.9 Å². The van der Waals surface area contributed by atoms with Gasteiger partial charge in [-0.05, 0) is 42.7 Å². The normalized spacial score (nSPS) is 17.4. The van der Waals surface area contributed by atoms with E-state index < -0.39 is 0 Å². The van der Waals surface area contributed by atoms with E-state index in [2.05, 4.69) is 11.0 Å². The maximum Gasteiger partial charge on any atom is 0.270 e. The van der Waals surface area contributed by atoms with Crippen LogP contribution in [0.15, 0.2) is 34.0 Å². The van der Waals surface area contributed by atoms with Crippen molar-refractivity contribution in [1.29, 1.82) is 5.26 Å². The van der Waals surface area contributed by atoms with Gasteiger partial charge >= 0.3 is 0 Å². The average Bonchev–Trinajstić information content (AvgIpc) is 3.11. The minimum atomic E-state index is -0.347. The van der Waals surface area contributed by atoms with Crippen molar-refractivity contribution in [1.82, 2.24) is 9.47 Å². The third kappa shape index (κ3) is 5.03. The maximum atomic E-state index is 13.3. The van der Waals surface area contributed by atoms with Gasteiger partial charge in [-0.3, -0.25) is 19.1 Å². The Morgan fingerprint density at radius 3 is 2.54 bits per heavy atom. The first kappa shape index (κ1) is 25.1. The van der Waals surface area contributed by atoms with Crippen molar-refractivity contribution in [3.05, 3.63) is 67.6 Å². The lowest BCUT2D eigenvalue weighted by Gasteiger charge is -2.33. The summed E-state index contributed by atoms with van der Waals surface area (Å²) < 4.78 is 20.8. The monoisotopic (exact) mass is 512 g/mol. The molecule has 0 saturated carbocycles. The molecule has 182 valence electrons. The molecule has 10 heteroatoms. The van der Waals surface area contributed by atoms with Crippen LogP contribution >= 0.6 is 24.0 Å². The molecule has 4 rings (SSSR count).